The molecule has 1 atom stereocenters. The van der Waals surface area contributed by atoms with Crippen LogP contribution in [0.5, 0.6) is 0 Å². The molecule has 0 fully saturated rings. The van der Waals surface area contributed by atoms with Crippen molar-refractivity contribution < 1.29 is 0 Å². The van der Waals surface area contributed by atoms with Crippen molar-refractivity contribution in [3.05, 3.63) is 48.2 Å². The van der Waals surface area contributed by atoms with E-state index < -0.39 is 0 Å². The second kappa shape index (κ2) is 7.01. The molecule has 0 aromatic heterocycles. The number of hydrazine groups is 1. The molecular weight excluding hydrogens is 248 g/mol. The molecule has 0 radical (unpaired) electrons. The van der Waals surface area contributed by atoms with Gasteiger partial charge in [-0.3, -0.25) is 4.99 Å². The van der Waals surface area contributed by atoms with Crippen molar-refractivity contribution in [2.24, 2.45) is 15.9 Å². The molecule has 0 aromatic carbocycles. The van der Waals surface area contributed by atoms with Crippen molar-refractivity contribution in [1.82, 2.24) is 10.4 Å². The van der Waals surface area contributed by atoms with Gasteiger partial charge in [0.2, 0.25) is 0 Å². The summed E-state index contributed by atoms with van der Waals surface area (Å²) >= 11 is 0. The standard InChI is InChI=1S/C16H22N4/c1-4-13(2)7-5-6-8-16-17-9-14(10-18-16)15-11-19-20(3)12-15/h5-9,12,14,19H,2,4,10-11H2,1,3H3/b7-5-,8-6+. The summed E-state index contributed by atoms with van der Waals surface area (Å²) in [4.78, 5) is 8.92. The molecule has 2 aliphatic rings. The van der Waals surface area contributed by atoms with E-state index in [-0.39, 0.29) is 0 Å². The molecule has 0 amide bonds. The first-order valence-corrected chi connectivity index (χ1v) is 6.97. The van der Waals surface area contributed by atoms with E-state index in [1.54, 1.807) is 0 Å². The Hall–Kier alpha value is -1.94. The van der Waals surface area contributed by atoms with Crippen LogP contribution in [0.2, 0.25) is 0 Å². The third-order valence-corrected chi connectivity index (χ3v) is 3.35. The lowest BCUT2D eigenvalue weighted by Gasteiger charge is -2.13. The van der Waals surface area contributed by atoms with Crippen LogP contribution < -0.4 is 5.43 Å². The van der Waals surface area contributed by atoms with Crippen molar-refractivity contribution in [2.45, 2.75) is 13.3 Å². The van der Waals surface area contributed by atoms with Crippen molar-refractivity contribution >= 4 is 12.1 Å². The molecule has 1 unspecified atom stereocenters. The highest BCUT2D eigenvalue weighted by Gasteiger charge is 2.19. The van der Waals surface area contributed by atoms with Crippen molar-refractivity contribution in [3.63, 3.8) is 0 Å². The van der Waals surface area contributed by atoms with E-state index in [1.165, 1.54) is 5.57 Å². The number of hydrogen-bond acceptors (Lipinski definition) is 4. The molecule has 2 aliphatic heterocycles. The van der Waals surface area contributed by atoms with Crippen LogP contribution in [0.4, 0.5) is 0 Å². The van der Waals surface area contributed by atoms with Crippen LogP contribution >= 0.6 is 0 Å². The van der Waals surface area contributed by atoms with Crippen LogP contribution in [0.1, 0.15) is 13.3 Å². The van der Waals surface area contributed by atoms with Gasteiger partial charge >= 0.3 is 0 Å². The van der Waals surface area contributed by atoms with Crippen LogP contribution in [0, 0.1) is 5.92 Å². The van der Waals surface area contributed by atoms with Gasteiger partial charge in [-0.1, -0.05) is 37.3 Å². The maximum absolute atomic E-state index is 4.51. The molecule has 4 heteroatoms. The minimum Gasteiger partial charge on any atom is -0.318 e. The Bertz CT molecular complexity index is 509. The van der Waals surface area contributed by atoms with Gasteiger partial charge < -0.3 is 5.01 Å². The average molecular weight is 270 g/mol. The zero-order valence-corrected chi connectivity index (χ0v) is 12.2. The second-order valence-electron chi connectivity index (χ2n) is 4.96. The molecule has 0 saturated heterocycles. The molecule has 2 rings (SSSR count). The Balaban J connectivity index is 1.86. The van der Waals surface area contributed by atoms with Crippen LogP contribution in [0.25, 0.3) is 0 Å². The summed E-state index contributed by atoms with van der Waals surface area (Å²) in [6.45, 7) is 7.67. The van der Waals surface area contributed by atoms with Gasteiger partial charge in [-0.15, -0.1) is 0 Å². The van der Waals surface area contributed by atoms with Crippen molar-refractivity contribution in [2.75, 3.05) is 20.1 Å². The number of nitrogens with one attached hydrogen (secondary N) is 1. The second-order valence-corrected chi connectivity index (χ2v) is 4.96. The number of hydrogen-bond donors (Lipinski definition) is 1. The summed E-state index contributed by atoms with van der Waals surface area (Å²) in [5.41, 5.74) is 5.69. The molecule has 0 saturated carbocycles. The Labute approximate surface area is 121 Å². The predicted octanol–water partition coefficient (Wildman–Crippen LogP) is 2.50. The SMILES string of the molecule is C=C(/C=C\C=C\C1=NCC(C2=CN(C)NC2)C=N1)CC. The van der Waals surface area contributed by atoms with E-state index in [1.807, 2.05) is 42.6 Å². The first-order valence-electron chi connectivity index (χ1n) is 6.97. The van der Waals surface area contributed by atoms with E-state index in [0.29, 0.717) is 5.92 Å². The molecular formula is C16H22N4. The third kappa shape index (κ3) is 4.03. The highest BCUT2D eigenvalue weighted by atomic mass is 15.5. The smallest absolute Gasteiger partial charge is 0.146 e. The van der Waals surface area contributed by atoms with Crippen LogP contribution in [-0.4, -0.2) is 37.2 Å². The molecule has 0 spiro atoms. The van der Waals surface area contributed by atoms with Gasteiger partial charge in [-0.25, -0.2) is 10.4 Å². The van der Waals surface area contributed by atoms with Gasteiger partial charge in [-0.05, 0) is 18.1 Å². The van der Waals surface area contributed by atoms with E-state index in [9.17, 15) is 0 Å². The largest absolute Gasteiger partial charge is 0.318 e. The first kappa shape index (κ1) is 14.5. The van der Waals surface area contributed by atoms with E-state index in [2.05, 4.69) is 35.1 Å². The van der Waals surface area contributed by atoms with Gasteiger partial charge in [0, 0.05) is 31.9 Å². The van der Waals surface area contributed by atoms with Crippen LogP contribution in [-0.2, 0) is 0 Å². The Morgan fingerprint density at radius 2 is 2.40 bits per heavy atom. The maximum Gasteiger partial charge on any atom is 0.146 e. The van der Waals surface area contributed by atoms with Gasteiger partial charge in [0.15, 0.2) is 0 Å². The molecule has 0 bridgehead atoms. The van der Waals surface area contributed by atoms with Crippen LogP contribution in [0.15, 0.2) is 58.2 Å². The summed E-state index contributed by atoms with van der Waals surface area (Å²) in [5, 5.41) is 1.98. The molecule has 1 N–H and O–H groups in total. The highest BCUT2D eigenvalue weighted by molar-refractivity contribution is 6.00. The molecule has 0 aromatic rings. The average Bonchev–Trinajstić information content (AvgIpc) is 2.90. The minimum atomic E-state index is 0.319. The van der Waals surface area contributed by atoms with Gasteiger partial charge in [-0.2, -0.15) is 0 Å². The van der Waals surface area contributed by atoms with Gasteiger partial charge in [0.25, 0.3) is 0 Å². The van der Waals surface area contributed by atoms with Crippen molar-refractivity contribution in [3.8, 4) is 0 Å². The predicted molar refractivity (Wildman–Crippen MR) is 85.8 cm³/mol. The summed E-state index contributed by atoms with van der Waals surface area (Å²) in [6, 6.07) is 0. The molecule has 106 valence electrons. The number of rotatable bonds is 5. The zero-order chi connectivity index (χ0) is 14.4. The lowest BCUT2D eigenvalue weighted by molar-refractivity contribution is 0.373. The summed E-state index contributed by atoms with van der Waals surface area (Å²) in [7, 11) is 2.00. The monoisotopic (exact) mass is 270 g/mol. The van der Waals surface area contributed by atoms with Gasteiger partial charge in [0.1, 0.15) is 5.84 Å². The number of aliphatic imine (C=N–C) groups is 2. The first-order chi connectivity index (χ1) is 9.69. The molecule has 2 heterocycles. The zero-order valence-electron chi connectivity index (χ0n) is 12.2. The number of allylic oxidation sites excluding steroid dienone is 4. The molecule has 4 nitrogen and oxygen atoms in total. The van der Waals surface area contributed by atoms with E-state index >= 15 is 0 Å². The highest BCUT2D eigenvalue weighted by Crippen LogP contribution is 2.16. The van der Waals surface area contributed by atoms with E-state index in [0.717, 1.165) is 30.9 Å². The summed E-state index contributed by atoms with van der Waals surface area (Å²) in [5.74, 6) is 1.10. The number of amidine groups is 1. The quantitative estimate of drug-likeness (QED) is 0.780. The maximum atomic E-state index is 4.51. The van der Waals surface area contributed by atoms with Gasteiger partial charge in [0.05, 0.1) is 6.54 Å². The molecule has 20 heavy (non-hydrogen) atoms. The lowest BCUT2D eigenvalue weighted by Crippen LogP contribution is -2.25. The topological polar surface area (TPSA) is 40.0 Å². The van der Waals surface area contributed by atoms with Crippen LogP contribution in [0.3, 0.4) is 0 Å². The Morgan fingerprint density at radius 1 is 1.55 bits per heavy atom. The normalized spacial score (nSPS) is 22.7. The fourth-order valence-corrected chi connectivity index (χ4v) is 1.99. The van der Waals surface area contributed by atoms with E-state index in [4.69, 9.17) is 0 Å². The Kier molecular flexibility index (Phi) is 5.07. The summed E-state index contributed by atoms with van der Waals surface area (Å²) in [6.07, 6.45) is 13.0. The fourth-order valence-electron chi connectivity index (χ4n) is 1.99. The minimum absolute atomic E-state index is 0.319. The van der Waals surface area contributed by atoms with Crippen molar-refractivity contribution in [1.29, 1.82) is 0 Å². The third-order valence-electron chi connectivity index (χ3n) is 3.35. The molecule has 0 aliphatic carbocycles. The Morgan fingerprint density at radius 3 is 3.00 bits per heavy atom. The lowest BCUT2D eigenvalue weighted by atomic mass is 10.0. The fraction of sp³-hybridized carbons (Fsp3) is 0.375. The summed E-state index contributed by atoms with van der Waals surface area (Å²) < 4.78 is 0. The number of nitrogens with zero attached hydrogens (tertiary/aromatic N) is 3.